The Morgan fingerprint density at radius 1 is 0.976 bits per heavy atom. The summed E-state index contributed by atoms with van der Waals surface area (Å²) < 4.78 is 0. The molecule has 3 amide bonds. The van der Waals surface area contributed by atoms with E-state index in [1.165, 1.54) is 24.8 Å². The zero-order chi connectivity index (χ0) is 28.4. The molecule has 1 aromatic heterocycles. The summed E-state index contributed by atoms with van der Waals surface area (Å²) >= 11 is 0. The maximum atomic E-state index is 13.4. The number of anilines is 3. The molecule has 0 radical (unpaired) electrons. The summed E-state index contributed by atoms with van der Waals surface area (Å²) in [6.45, 7) is 7.54. The van der Waals surface area contributed by atoms with E-state index < -0.39 is 5.91 Å². The second-order valence-corrected chi connectivity index (χ2v) is 12.5. The van der Waals surface area contributed by atoms with E-state index in [1.54, 1.807) is 6.20 Å². The molecule has 4 N–H and O–H groups in total. The average molecular weight is 561 g/mol. The smallest absolute Gasteiger partial charge is 0.320 e. The lowest BCUT2D eigenvalue weighted by atomic mass is 9.75. The third-order valence-electron chi connectivity index (χ3n) is 9.79. The van der Waals surface area contributed by atoms with E-state index in [0.29, 0.717) is 24.2 Å². The number of hydrogen-bond donors (Lipinski definition) is 3. The zero-order valence-electron chi connectivity index (χ0n) is 24.3. The van der Waals surface area contributed by atoms with E-state index >= 15 is 0 Å². The Morgan fingerprint density at radius 3 is 2.37 bits per heavy atom. The second-order valence-electron chi connectivity index (χ2n) is 12.5. The molecule has 1 aliphatic carbocycles. The number of urea groups is 1. The van der Waals surface area contributed by atoms with Gasteiger partial charge in [-0.2, -0.15) is 0 Å². The van der Waals surface area contributed by atoms with Gasteiger partial charge < -0.3 is 31.1 Å². The quantitative estimate of drug-likeness (QED) is 0.468. The average Bonchev–Trinajstić information content (AvgIpc) is 3.39. The predicted octanol–water partition coefficient (Wildman–Crippen LogP) is 4.00. The molecule has 6 rings (SSSR count). The van der Waals surface area contributed by atoms with Crippen LogP contribution in [0.4, 0.5) is 22.1 Å². The Kier molecular flexibility index (Phi) is 8.01. The Morgan fingerprint density at radius 2 is 1.66 bits per heavy atom. The van der Waals surface area contributed by atoms with Crippen molar-refractivity contribution in [1.82, 2.24) is 25.1 Å². The van der Waals surface area contributed by atoms with Crippen LogP contribution in [0.25, 0.3) is 0 Å². The fraction of sp³-hybridized carbons (Fsp3) is 0.613. The summed E-state index contributed by atoms with van der Waals surface area (Å²) in [5.74, 6) is 0.433. The zero-order valence-corrected chi connectivity index (χ0v) is 24.3. The van der Waals surface area contributed by atoms with E-state index in [-0.39, 0.29) is 23.2 Å². The standard InChI is InChI=1S/C31H44N8O2/c1-31(13-15-33-16-14-31)22-9-11-23(12-10-22)35-29-27(28(32)40)34-20-26(36-29)37-17-5-8-25(21-37)39-19-18-38(30(39)41)24-6-3-2-4-7-24/h9-12,20,24-25,33H,2-8,13-19,21H2,1H3,(H2,32,40)(H,35,36). The third-order valence-corrected chi connectivity index (χ3v) is 9.79. The number of carbonyl (C=O) groups excluding carboxylic acids is 2. The number of amides is 3. The molecule has 1 atom stereocenters. The number of aromatic nitrogens is 2. The van der Waals surface area contributed by atoms with E-state index in [0.717, 1.165) is 76.9 Å². The fourth-order valence-corrected chi connectivity index (χ4v) is 7.22. The Bertz CT molecular complexity index is 1240. The summed E-state index contributed by atoms with van der Waals surface area (Å²) in [4.78, 5) is 41.3. The number of nitrogens with two attached hydrogens (primary N) is 1. The predicted molar refractivity (Wildman–Crippen MR) is 161 cm³/mol. The SMILES string of the molecule is CC1(c2ccc(Nc3nc(N4CCCC(N5CCN(C6CCCCC6)C5=O)C4)cnc3C(N)=O)cc2)CCNCC1. The van der Waals surface area contributed by atoms with Crippen LogP contribution in [-0.2, 0) is 5.41 Å². The van der Waals surface area contributed by atoms with Gasteiger partial charge in [-0.1, -0.05) is 38.3 Å². The summed E-state index contributed by atoms with van der Waals surface area (Å²) in [7, 11) is 0. The van der Waals surface area contributed by atoms with Gasteiger partial charge in [0.15, 0.2) is 11.5 Å². The first kappa shape index (κ1) is 27.8. The van der Waals surface area contributed by atoms with Gasteiger partial charge in [-0.15, -0.1) is 0 Å². The van der Waals surface area contributed by atoms with Crippen LogP contribution < -0.4 is 21.3 Å². The normalized spacial score (nSPS) is 23.6. The first-order valence-corrected chi connectivity index (χ1v) is 15.5. The second kappa shape index (κ2) is 11.8. The van der Waals surface area contributed by atoms with Crippen molar-refractivity contribution in [3.05, 3.63) is 41.7 Å². The van der Waals surface area contributed by atoms with E-state index in [2.05, 4.69) is 49.4 Å². The molecule has 41 heavy (non-hydrogen) atoms. The van der Waals surface area contributed by atoms with Crippen LogP contribution in [0.2, 0.25) is 0 Å². The van der Waals surface area contributed by atoms with Crippen molar-refractivity contribution in [3.63, 3.8) is 0 Å². The molecule has 4 heterocycles. The first-order valence-electron chi connectivity index (χ1n) is 15.5. The summed E-state index contributed by atoms with van der Waals surface area (Å²) in [6, 6.07) is 9.14. The summed E-state index contributed by atoms with van der Waals surface area (Å²) in [5.41, 5.74) is 8.12. The number of piperidine rings is 2. The minimum atomic E-state index is -0.618. The van der Waals surface area contributed by atoms with E-state index in [4.69, 9.17) is 10.7 Å². The van der Waals surface area contributed by atoms with Crippen molar-refractivity contribution < 1.29 is 9.59 Å². The van der Waals surface area contributed by atoms with Gasteiger partial charge in [0.05, 0.1) is 12.2 Å². The molecule has 0 bridgehead atoms. The molecule has 0 spiro atoms. The van der Waals surface area contributed by atoms with Gasteiger partial charge in [0.2, 0.25) is 0 Å². The minimum Gasteiger partial charge on any atom is -0.364 e. The molecule has 10 heteroatoms. The van der Waals surface area contributed by atoms with Gasteiger partial charge in [-0.25, -0.2) is 14.8 Å². The van der Waals surface area contributed by atoms with E-state index in [9.17, 15) is 9.59 Å². The monoisotopic (exact) mass is 560 g/mol. The lowest BCUT2D eigenvalue weighted by Crippen LogP contribution is -2.50. The van der Waals surface area contributed by atoms with Crippen molar-refractivity contribution in [2.45, 2.75) is 82.2 Å². The topological polar surface area (TPSA) is 120 Å². The van der Waals surface area contributed by atoms with Crippen LogP contribution in [-0.4, -0.2) is 83.1 Å². The molecule has 2 aromatic rings. The first-order chi connectivity index (χ1) is 19.9. The molecule has 4 aliphatic rings. The molecule has 10 nitrogen and oxygen atoms in total. The van der Waals surface area contributed by atoms with Crippen LogP contribution >= 0.6 is 0 Å². The Balaban J connectivity index is 1.16. The molecule has 3 aliphatic heterocycles. The van der Waals surface area contributed by atoms with Gasteiger partial charge >= 0.3 is 6.03 Å². The van der Waals surface area contributed by atoms with Crippen molar-refractivity contribution in [2.75, 3.05) is 49.5 Å². The molecule has 1 saturated carbocycles. The number of nitrogens with one attached hydrogen (secondary N) is 2. The number of carbonyl (C=O) groups is 2. The van der Waals surface area contributed by atoms with Crippen LogP contribution in [0, 0.1) is 0 Å². The third kappa shape index (κ3) is 5.84. The van der Waals surface area contributed by atoms with Crippen LogP contribution in [0.1, 0.15) is 80.8 Å². The molecular formula is C31H44N8O2. The van der Waals surface area contributed by atoms with Crippen molar-refractivity contribution in [3.8, 4) is 0 Å². The molecule has 1 aromatic carbocycles. The molecule has 3 saturated heterocycles. The summed E-state index contributed by atoms with van der Waals surface area (Å²) in [5, 5.41) is 6.75. The fourth-order valence-electron chi connectivity index (χ4n) is 7.22. The lowest BCUT2D eigenvalue weighted by Gasteiger charge is -2.38. The van der Waals surface area contributed by atoms with Gasteiger partial charge in [0.25, 0.3) is 5.91 Å². The number of benzene rings is 1. The highest BCUT2D eigenvalue weighted by Gasteiger charge is 2.39. The van der Waals surface area contributed by atoms with Crippen molar-refractivity contribution >= 4 is 29.3 Å². The maximum absolute atomic E-state index is 13.4. The highest BCUT2D eigenvalue weighted by atomic mass is 16.2. The van der Waals surface area contributed by atoms with Crippen molar-refractivity contribution in [2.24, 2.45) is 5.73 Å². The van der Waals surface area contributed by atoms with Gasteiger partial charge in [0, 0.05) is 37.9 Å². The van der Waals surface area contributed by atoms with Crippen LogP contribution in [0.5, 0.6) is 0 Å². The lowest BCUT2D eigenvalue weighted by molar-refractivity contribution is 0.0996. The number of rotatable bonds is 7. The van der Waals surface area contributed by atoms with E-state index in [1.807, 2.05) is 12.1 Å². The van der Waals surface area contributed by atoms with Gasteiger partial charge in [-0.05, 0) is 74.7 Å². The Labute approximate surface area is 243 Å². The highest BCUT2D eigenvalue weighted by molar-refractivity contribution is 5.96. The van der Waals surface area contributed by atoms with Crippen molar-refractivity contribution in [1.29, 1.82) is 0 Å². The molecule has 4 fully saturated rings. The molecule has 220 valence electrons. The van der Waals surface area contributed by atoms with Crippen LogP contribution in [0.3, 0.4) is 0 Å². The van der Waals surface area contributed by atoms with Crippen LogP contribution in [0.15, 0.2) is 30.5 Å². The highest BCUT2D eigenvalue weighted by Crippen LogP contribution is 2.34. The molecule has 1 unspecified atom stereocenters. The summed E-state index contributed by atoms with van der Waals surface area (Å²) in [6.07, 6.45) is 11.8. The number of nitrogens with zero attached hydrogens (tertiary/aromatic N) is 5. The minimum absolute atomic E-state index is 0.120. The van der Waals surface area contributed by atoms with Gasteiger partial charge in [0.1, 0.15) is 5.82 Å². The Hall–Kier alpha value is -3.40. The maximum Gasteiger partial charge on any atom is 0.320 e. The molecular weight excluding hydrogens is 516 g/mol. The van der Waals surface area contributed by atoms with Gasteiger partial charge in [-0.3, -0.25) is 4.79 Å². The number of primary amides is 1. The largest absolute Gasteiger partial charge is 0.364 e. The number of hydrogen-bond acceptors (Lipinski definition) is 7.